The highest BCUT2D eigenvalue weighted by Gasteiger charge is 2.26. The molecule has 0 radical (unpaired) electrons. The third kappa shape index (κ3) is 5.45. The Morgan fingerprint density at radius 2 is 1.63 bits per heavy atom. The molecule has 1 aliphatic heterocycles. The van der Waals surface area contributed by atoms with E-state index < -0.39 is 0 Å². The largest absolute Gasteiger partial charge is 0.496 e. The summed E-state index contributed by atoms with van der Waals surface area (Å²) in [6.45, 7) is 1.26. The third-order valence-corrected chi connectivity index (χ3v) is 5.63. The van der Waals surface area contributed by atoms with Gasteiger partial charge in [-0.25, -0.2) is 0 Å². The summed E-state index contributed by atoms with van der Waals surface area (Å²) in [5.74, 6) is 0.862. The van der Waals surface area contributed by atoms with Crippen molar-refractivity contribution in [3.63, 3.8) is 0 Å². The smallest absolute Gasteiger partial charge is 0.259 e. The van der Waals surface area contributed by atoms with Crippen molar-refractivity contribution in [1.82, 2.24) is 10.2 Å². The summed E-state index contributed by atoms with van der Waals surface area (Å²) in [6.07, 6.45) is 2.60. The Hall–Kier alpha value is -2.73. The van der Waals surface area contributed by atoms with Crippen LogP contribution >= 0.6 is 11.6 Å². The number of methoxy groups -OCH3 is 2. The highest BCUT2D eigenvalue weighted by molar-refractivity contribution is 6.30. The van der Waals surface area contributed by atoms with E-state index in [1.54, 1.807) is 18.2 Å². The van der Waals surface area contributed by atoms with Crippen LogP contribution in [0, 0.1) is 0 Å². The number of carbonyl (C=O) groups is 2. The summed E-state index contributed by atoms with van der Waals surface area (Å²) in [5.41, 5.74) is 1.49. The summed E-state index contributed by atoms with van der Waals surface area (Å²) >= 11 is 5.90. The number of aryl methyl sites for hydroxylation is 1. The number of nitrogens with one attached hydrogen (secondary N) is 1. The minimum Gasteiger partial charge on any atom is -0.496 e. The van der Waals surface area contributed by atoms with Crippen molar-refractivity contribution in [2.24, 2.45) is 0 Å². The molecule has 1 N–H and O–H groups in total. The van der Waals surface area contributed by atoms with Crippen molar-refractivity contribution in [3.8, 4) is 11.5 Å². The van der Waals surface area contributed by atoms with Gasteiger partial charge in [-0.3, -0.25) is 9.59 Å². The number of nitrogens with zero attached hydrogens (tertiary/aromatic N) is 1. The van der Waals surface area contributed by atoms with Crippen LogP contribution in [0.3, 0.4) is 0 Å². The molecule has 0 bridgehead atoms. The molecule has 2 amide bonds. The first kappa shape index (κ1) is 22.0. The fourth-order valence-electron chi connectivity index (χ4n) is 3.67. The maximum atomic E-state index is 12.8. The predicted molar refractivity (Wildman–Crippen MR) is 116 cm³/mol. The van der Waals surface area contributed by atoms with Gasteiger partial charge in [-0.05, 0) is 49.1 Å². The topological polar surface area (TPSA) is 67.9 Å². The van der Waals surface area contributed by atoms with Crippen LogP contribution in [0.25, 0.3) is 0 Å². The first-order valence-corrected chi connectivity index (χ1v) is 10.4. The lowest BCUT2D eigenvalue weighted by Crippen LogP contribution is -2.46. The van der Waals surface area contributed by atoms with Gasteiger partial charge in [-0.1, -0.05) is 29.8 Å². The van der Waals surface area contributed by atoms with Gasteiger partial charge >= 0.3 is 0 Å². The number of hydrogen-bond acceptors (Lipinski definition) is 4. The molecule has 1 fully saturated rings. The minimum absolute atomic E-state index is 0.00688. The number of carbonyl (C=O) groups excluding carboxylic acids is 2. The number of ether oxygens (including phenoxy) is 2. The molecule has 3 rings (SSSR count). The first-order chi connectivity index (χ1) is 14.5. The molecule has 0 unspecified atom stereocenters. The molecule has 7 heteroatoms. The molecular formula is C23H27ClN2O4. The summed E-state index contributed by atoms with van der Waals surface area (Å²) in [4.78, 5) is 27.2. The number of halogens is 1. The van der Waals surface area contributed by atoms with Crippen LogP contribution in [0.15, 0.2) is 42.5 Å². The van der Waals surface area contributed by atoms with Gasteiger partial charge in [0.25, 0.3) is 5.91 Å². The van der Waals surface area contributed by atoms with Crippen molar-refractivity contribution in [2.75, 3.05) is 27.3 Å². The average molecular weight is 431 g/mol. The molecule has 0 atom stereocenters. The van der Waals surface area contributed by atoms with E-state index in [-0.39, 0.29) is 17.9 Å². The second-order valence-electron chi connectivity index (χ2n) is 7.29. The second-order valence-corrected chi connectivity index (χ2v) is 7.73. The lowest BCUT2D eigenvalue weighted by molar-refractivity contribution is -0.132. The van der Waals surface area contributed by atoms with Gasteiger partial charge < -0.3 is 19.7 Å². The van der Waals surface area contributed by atoms with Gasteiger partial charge in [0.15, 0.2) is 0 Å². The predicted octanol–water partition coefficient (Wildman–Crippen LogP) is 3.71. The lowest BCUT2D eigenvalue weighted by atomic mass is 10.0. The molecule has 0 spiro atoms. The Balaban J connectivity index is 1.50. The average Bonchev–Trinajstić information content (AvgIpc) is 2.78. The zero-order valence-corrected chi connectivity index (χ0v) is 18.1. The fourth-order valence-corrected chi connectivity index (χ4v) is 3.79. The second kappa shape index (κ2) is 10.3. The van der Waals surface area contributed by atoms with Crippen molar-refractivity contribution < 1.29 is 19.1 Å². The molecule has 2 aromatic rings. The lowest BCUT2D eigenvalue weighted by Gasteiger charge is -2.32. The Labute approximate surface area is 182 Å². The van der Waals surface area contributed by atoms with E-state index in [2.05, 4.69) is 5.32 Å². The number of amides is 2. The highest BCUT2D eigenvalue weighted by atomic mass is 35.5. The summed E-state index contributed by atoms with van der Waals surface area (Å²) < 4.78 is 10.6. The molecule has 0 saturated carbocycles. The molecule has 30 heavy (non-hydrogen) atoms. The van der Waals surface area contributed by atoms with Gasteiger partial charge in [-0.15, -0.1) is 0 Å². The Morgan fingerprint density at radius 3 is 2.20 bits per heavy atom. The number of hydrogen-bond donors (Lipinski definition) is 1. The van der Waals surface area contributed by atoms with Crippen molar-refractivity contribution >= 4 is 23.4 Å². The van der Waals surface area contributed by atoms with Crippen LogP contribution in [-0.4, -0.2) is 50.1 Å². The Kier molecular flexibility index (Phi) is 7.57. The first-order valence-electron chi connectivity index (χ1n) is 10.1. The third-order valence-electron chi connectivity index (χ3n) is 5.38. The number of piperidine rings is 1. The zero-order valence-electron chi connectivity index (χ0n) is 17.3. The number of rotatable bonds is 7. The highest BCUT2D eigenvalue weighted by Crippen LogP contribution is 2.28. The molecular weight excluding hydrogens is 404 g/mol. The molecule has 6 nitrogen and oxygen atoms in total. The maximum Gasteiger partial charge on any atom is 0.259 e. The van der Waals surface area contributed by atoms with Crippen LogP contribution in [0.4, 0.5) is 0 Å². The van der Waals surface area contributed by atoms with E-state index in [9.17, 15) is 9.59 Å². The monoisotopic (exact) mass is 430 g/mol. The van der Waals surface area contributed by atoms with E-state index in [1.807, 2.05) is 29.2 Å². The molecule has 0 aliphatic carbocycles. The Morgan fingerprint density at radius 1 is 1.03 bits per heavy atom. The van der Waals surface area contributed by atoms with Crippen molar-refractivity contribution in [1.29, 1.82) is 0 Å². The van der Waals surface area contributed by atoms with E-state index >= 15 is 0 Å². The SMILES string of the molecule is COc1cccc(OC)c1C(=O)NC1CCN(C(=O)CCc2ccc(Cl)cc2)CC1. The van der Waals surface area contributed by atoms with Crippen LogP contribution in [0.1, 0.15) is 35.2 Å². The van der Waals surface area contributed by atoms with Gasteiger partial charge in [0.2, 0.25) is 5.91 Å². The normalized spacial score (nSPS) is 14.3. The summed E-state index contributed by atoms with van der Waals surface area (Å²) in [5, 5.41) is 3.75. The minimum atomic E-state index is -0.225. The summed E-state index contributed by atoms with van der Waals surface area (Å²) in [6, 6.07) is 12.8. The molecule has 2 aromatic carbocycles. The van der Waals surface area contributed by atoms with Gasteiger partial charge in [0, 0.05) is 30.6 Å². The standard InChI is InChI=1S/C23H27ClN2O4/c1-29-19-4-3-5-20(30-2)22(19)23(28)25-18-12-14-26(15-13-18)21(27)11-8-16-6-9-17(24)10-7-16/h3-7,9-10,18H,8,11-15H2,1-2H3,(H,25,28). The zero-order chi connectivity index (χ0) is 21.5. The van der Waals surface area contributed by atoms with Crippen molar-refractivity contribution in [3.05, 3.63) is 58.6 Å². The fraction of sp³-hybridized carbons (Fsp3) is 0.391. The van der Waals surface area contributed by atoms with Crippen LogP contribution < -0.4 is 14.8 Å². The summed E-state index contributed by atoms with van der Waals surface area (Å²) in [7, 11) is 3.05. The van der Waals surface area contributed by atoms with Crippen LogP contribution in [-0.2, 0) is 11.2 Å². The number of likely N-dealkylation sites (tertiary alicyclic amines) is 1. The van der Waals surface area contributed by atoms with E-state index in [4.69, 9.17) is 21.1 Å². The molecule has 0 aromatic heterocycles. The van der Waals surface area contributed by atoms with Gasteiger partial charge in [0.05, 0.1) is 14.2 Å². The quantitative estimate of drug-likeness (QED) is 0.727. The van der Waals surface area contributed by atoms with Crippen molar-refractivity contribution in [2.45, 2.75) is 31.7 Å². The van der Waals surface area contributed by atoms with Crippen LogP contribution in [0.5, 0.6) is 11.5 Å². The molecule has 1 saturated heterocycles. The van der Waals surface area contributed by atoms with Gasteiger partial charge in [0.1, 0.15) is 17.1 Å². The maximum absolute atomic E-state index is 12.8. The van der Waals surface area contributed by atoms with E-state index in [0.29, 0.717) is 48.0 Å². The van der Waals surface area contributed by atoms with Gasteiger partial charge in [-0.2, -0.15) is 0 Å². The molecule has 160 valence electrons. The van der Waals surface area contributed by atoms with E-state index in [1.165, 1.54) is 14.2 Å². The molecule has 1 heterocycles. The molecule has 1 aliphatic rings. The number of benzene rings is 2. The van der Waals surface area contributed by atoms with Crippen LogP contribution in [0.2, 0.25) is 5.02 Å². The van der Waals surface area contributed by atoms with E-state index in [0.717, 1.165) is 18.4 Å². The Bertz CT molecular complexity index is 855.